The zero-order chi connectivity index (χ0) is 14.1. The van der Waals surface area contributed by atoms with Gasteiger partial charge in [0, 0.05) is 39.1 Å². The van der Waals surface area contributed by atoms with Crippen LogP contribution >= 0.6 is 0 Å². The third-order valence-corrected chi connectivity index (χ3v) is 4.49. The minimum Gasteiger partial charge on any atom is -0.381 e. The Bertz CT molecular complexity index is 503. The summed E-state index contributed by atoms with van der Waals surface area (Å²) in [6.45, 7) is 7.88. The first-order chi connectivity index (χ1) is 9.70. The second-order valence-electron chi connectivity index (χ2n) is 5.70. The van der Waals surface area contributed by atoms with Gasteiger partial charge in [-0.25, -0.2) is 4.98 Å². The standard InChI is InChI=1S/C15H23N3O2/c1-3-13-14-10-17(11(2)19)6-7-18(14)15(16-13)12-4-8-20-9-5-12/h12H,3-10H2,1-2H3. The first kappa shape index (κ1) is 13.6. The Morgan fingerprint density at radius 3 is 2.75 bits per heavy atom. The molecule has 20 heavy (non-hydrogen) atoms. The number of hydrogen-bond acceptors (Lipinski definition) is 3. The fraction of sp³-hybridized carbons (Fsp3) is 0.733. The number of amides is 1. The number of aryl methyl sites for hydroxylation is 1. The number of ether oxygens (including phenoxy) is 1. The van der Waals surface area contributed by atoms with Crippen LogP contribution in [0, 0.1) is 0 Å². The molecule has 2 aliphatic rings. The molecule has 0 N–H and O–H groups in total. The van der Waals surface area contributed by atoms with E-state index in [1.165, 1.54) is 11.5 Å². The normalized spacial score (nSPS) is 20.0. The van der Waals surface area contributed by atoms with E-state index in [-0.39, 0.29) is 5.91 Å². The Morgan fingerprint density at radius 2 is 2.10 bits per heavy atom. The van der Waals surface area contributed by atoms with E-state index in [4.69, 9.17) is 9.72 Å². The lowest BCUT2D eigenvalue weighted by Crippen LogP contribution is -2.37. The van der Waals surface area contributed by atoms with Crippen LogP contribution in [-0.4, -0.2) is 40.1 Å². The number of hydrogen-bond donors (Lipinski definition) is 0. The molecule has 0 saturated carbocycles. The van der Waals surface area contributed by atoms with Crippen LogP contribution in [0.25, 0.3) is 0 Å². The van der Waals surface area contributed by atoms with E-state index >= 15 is 0 Å². The average Bonchev–Trinajstić information content (AvgIpc) is 2.86. The fourth-order valence-corrected chi connectivity index (χ4v) is 3.28. The number of carbonyl (C=O) groups excluding carboxylic acids is 1. The van der Waals surface area contributed by atoms with Crippen molar-refractivity contribution in [1.82, 2.24) is 14.5 Å². The maximum atomic E-state index is 11.6. The highest BCUT2D eigenvalue weighted by molar-refractivity contribution is 5.73. The minimum atomic E-state index is 0.159. The van der Waals surface area contributed by atoms with E-state index in [2.05, 4.69) is 11.5 Å². The summed E-state index contributed by atoms with van der Waals surface area (Å²) in [6.07, 6.45) is 3.07. The molecule has 5 nitrogen and oxygen atoms in total. The summed E-state index contributed by atoms with van der Waals surface area (Å²) in [5.41, 5.74) is 2.41. The van der Waals surface area contributed by atoms with Gasteiger partial charge in [-0.15, -0.1) is 0 Å². The van der Waals surface area contributed by atoms with Crippen LogP contribution in [0.3, 0.4) is 0 Å². The number of aromatic nitrogens is 2. The lowest BCUT2D eigenvalue weighted by Gasteiger charge is -2.30. The topological polar surface area (TPSA) is 47.4 Å². The van der Waals surface area contributed by atoms with Crippen LogP contribution in [0.2, 0.25) is 0 Å². The summed E-state index contributed by atoms with van der Waals surface area (Å²) in [4.78, 5) is 18.4. The van der Waals surface area contributed by atoms with E-state index in [1.807, 2.05) is 4.90 Å². The number of fused-ring (bicyclic) bond motifs is 1. The predicted molar refractivity (Wildman–Crippen MR) is 75.5 cm³/mol. The Hall–Kier alpha value is -1.36. The van der Waals surface area contributed by atoms with Crippen LogP contribution in [0.4, 0.5) is 0 Å². The molecule has 0 aliphatic carbocycles. The second-order valence-corrected chi connectivity index (χ2v) is 5.70. The highest BCUT2D eigenvalue weighted by Crippen LogP contribution is 2.30. The maximum absolute atomic E-state index is 11.6. The van der Waals surface area contributed by atoms with E-state index in [9.17, 15) is 4.79 Å². The van der Waals surface area contributed by atoms with Crippen molar-refractivity contribution in [2.45, 2.75) is 52.1 Å². The molecule has 110 valence electrons. The number of carbonyl (C=O) groups is 1. The van der Waals surface area contributed by atoms with Gasteiger partial charge in [0.25, 0.3) is 0 Å². The zero-order valence-corrected chi connectivity index (χ0v) is 12.4. The quantitative estimate of drug-likeness (QED) is 0.826. The highest BCUT2D eigenvalue weighted by atomic mass is 16.5. The van der Waals surface area contributed by atoms with Crippen molar-refractivity contribution in [3.63, 3.8) is 0 Å². The van der Waals surface area contributed by atoms with Crippen molar-refractivity contribution >= 4 is 5.91 Å². The fourth-order valence-electron chi connectivity index (χ4n) is 3.28. The molecule has 1 amide bonds. The first-order valence-electron chi connectivity index (χ1n) is 7.62. The van der Waals surface area contributed by atoms with E-state index in [0.29, 0.717) is 12.5 Å². The van der Waals surface area contributed by atoms with Gasteiger partial charge in [-0.3, -0.25) is 4.79 Å². The first-order valence-corrected chi connectivity index (χ1v) is 7.62. The molecule has 0 aromatic carbocycles. The summed E-state index contributed by atoms with van der Waals surface area (Å²) in [7, 11) is 0. The molecule has 1 aromatic rings. The van der Waals surface area contributed by atoms with Gasteiger partial charge in [0.2, 0.25) is 5.91 Å². The third-order valence-electron chi connectivity index (χ3n) is 4.49. The predicted octanol–water partition coefficient (Wildman–Crippen LogP) is 1.70. The van der Waals surface area contributed by atoms with Crippen molar-refractivity contribution in [3.8, 4) is 0 Å². The molecule has 0 radical (unpaired) electrons. The highest BCUT2D eigenvalue weighted by Gasteiger charge is 2.28. The van der Waals surface area contributed by atoms with Crippen LogP contribution < -0.4 is 0 Å². The largest absolute Gasteiger partial charge is 0.381 e. The molecule has 3 rings (SSSR count). The van der Waals surface area contributed by atoms with Crippen molar-refractivity contribution < 1.29 is 9.53 Å². The van der Waals surface area contributed by atoms with E-state index < -0.39 is 0 Å². The van der Waals surface area contributed by atoms with Gasteiger partial charge in [0.15, 0.2) is 0 Å². The summed E-state index contributed by atoms with van der Waals surface area (Å²) in [5.74, 6) is 1.90. The van der Waals surface area contributed by atoms with Gasteiger partial charge in [-0.1, -0.05) is 6.92 Å². The average molecular weight is 277 g/mol. The lowest BCUT2D eigenvalue weighted by atomic mass is 9.99. The van der Waals surface area contributed by atoms with Crippen LogP contribution in [0.1, 0.15) is 49.8 Å². The second kappa shape index (κ2) is 5.56. The SMILES string of the molecule is CCc1nc(C2CCOCC2)n2c1CN(C(C)=O)CC2. The van der Waals surface area contributed by atoms with Crippen molar-refractivity contribution in [2.24, 2.45) is 0 Å². The molecule has 0 atom stereocenters. The monoisotopic (exact) mass is 277 g/mol. The van der Waals surface area contributed by atoms with E-state index in [1.54, 1.807) is 6.92 Å². The van der Waals surface area contributed by atoms with Crippen molar-refractivity contribution in [3.05, 3.63) is 17.2 Å². The van der Waals surface area contributed by atoms with E-state index in [0.717, 1.165) is 51.3 Å². The molecule has 1 aromatic heterocycles. The molecule has 0 bridgehead atoms. The van der Waals surface area contributed by atoms with Gasteiger partial charge in [0.05, 0.1) is 17.9 Å². The Labute approximate surface area is 119 Å². The lowest BCUT2D eigenvalue weighted by molar-refractivity contribution is -0.130. The molecule has 0 spiro atoms. The molecule has 5 heteroatoms. The van der Waals surface area contributed by atoms with Gasteiger partial charge < -0.3 is 14.2 Å². The molecule has 1 saturated heterocycles. The molecule has 2 aliphatic heterocycles. The maximum Gasteiger partial charge on any atom is 0.219 e. The number of nitrogens with zero attached hydrogens (tertiary/aromatic N) is 3. The van der Waals surface area contributed by atoms with Crippen LogP contribution in [0.5, 0.6) is 0 Å². The summed E-state index contributed by atoms with van der Waals surface area (Å²) in [5, 5.41) is 0. The zero-order valence-electron chi connectivity index (χ0n) is 12.4. The van der Waals surface area contributed by atoms with Gasteiger partial charge >= 0.3 is 0 Å². The van der Waals surface area contributed by atoms with Crippen LogP contribution in [0.15, 0.2) is 0 Å². The van der Waals surface area contributed by atoms with Crippen molar-refractivity contribution in [2.75, 3.05) is 19.8 Å². The number of rotatable bonds is 2. The van der Waals surface area contributed by atoms with Crippen molar-refractivity contribution in [1.29, 1.82) is 0 Å². The smallest absolute Gasteiger partial charge is 0.219 e. The van der Waals surface area contributed by atoms with Gasteiger partial charge in [-0.2, -0.15) is 0 Å². The third kappa shape index (κ3) is 2.35. The Kier molecular flexibility index (Phi) is 3.78. The van der Waals surface area contributed by atoms with Crippen LogP contribution in [-0.2, 0) is 29.0 Å². The molecule has 3 heterocycles. The van der Waals surface area contributed by atoms with Gasteiger partial charge in [0.1, 0.15) is 5.82 Å². The molecular formula is C15H23N3O2. The summed E-state index contributed by atoms with van der Waals surface area (Å²) >= 11 is 0. The molecular weight excluding hydrogens is 254 g/mol. The molecule has 0 unspecified atom stereocenters. The number of imidazole rings is 1. The molecule has 1 fully saturated rings. The Balaban J connectivity index is 1.92. The Morgan fingerprint density at radius 1 is 1.35 bits per heavy atom. The summed E-state index contributed by atoms with van der Waals surface area (Å²) in [6, 6.07) is 0. The van der Waals surface area contributed by atoms with Gasteiger partial charge in [-0.05, 0) is 19.3 Å². The minimum absolute atomic E-state index is 0.159. The summed E-state index contributed by atoms with van der Waals surface area (Å²) < 4.78 is 7.83.